The molecule has 1 aromatic carbocycles. The van der Waals surface area contributed by atoms with Crippen LogP contribution in [0.15, 0.2) is 24.3 Å². The highest BCUT2D eigenvalue weighted by molar-refractivity contribution is 7.11. The number of amides is 1. The molecule has 1 aromatic heterocycles. The topological polar surface area (TPSA) is 54.9 Å². The van der Waals surface area contributed by atoms with Crippen LogP contribution in [0.2, 0.25) is 5.02 Å². The van der Waals surface area contributed by atoms with E-state index in [1.54, 1.807) is 11.3 Å². The molecule has 0 aliphatic heterocycles. The van der Waals surface area contributed by atoms with Crippen LogP contribution in [0.1, 0.15) is 47.7 Å². The molecule has 128 valence electrons. The van der Waals surface area contributed by atoms with E-state index in [9.17, 15) is 4.79 Å². The highest BCUT2D eigenvalue weighted by Crippen LogP contribution is 2.40. The molecule has 6 heteroatoms. The largest absolute Gasteiger partial charge is 0.355 e. The minimum absolute atomic E-state index is 0.130. The van der Waals surface area contributed by atoms with Crippen LogP contribution in [0.3, 0.4) is 0 Å². The number of aryl methyl sites for hydroxylation is 1. The SMILES string of the molecule is Cc1nnc(CCNC(=O)C2(c3ccc(Cl)cc3)CCCCC2)s1. The van der Waals surface area contributed by atoms with Gasteiger partial charge in [0.1, 0.15) is 10.0 Å². The van der Waals surface area contributed by atoms with Crippen LogP contribution in [-0.2, 0) is 16.6 Å². The second-order valence-corrected chi connectivity index (χ2v) is 8.07. The van der Waals surface area contributed by atoms with E-state index in [0.29, 0.717) is 11.6 Å². The van der Waals surface area contributed by atoms with Gasteiger partial charge in [-0.2, -0.15) is 0 Å². The molecule has 1 aliphatic carbocycles. The molecular weight excluding hydrogens is 342 g/mol. The summed E-state index contributed by atoms with van der Waals surface area (Å²) in [7, 11) is 0. The minimum atomic E-state index is -0.417. The smallest absolute Gasteiger partial charge is 0.230 e. The first-order valence-corrected chi connectivity index (χ1v) is 9.63. The number of nitrogens with zero attached hydrogens (tertiary/aromatic N) is 2. The van der Waals surface area contributed by atoms with Crippen molar-refractivity contribution in [2.75, 3.05) is 6.54 Å². The summed E-state index contributed by atoms with van der Waals surface area (Å²) in [4.78, 5) is 13.0. The van der Waals surface area contributed by atoms with E-state index in [1.165, 1.54) is 6.42 Å². The van der Waals surface area contributed by atoms with Gasteiger partial charge in [-0.15, -0.1) is 21.5 Å². The lowest BCUT2D eigenvalue weighted by Gasteiger charge is -2.36. The van der Waals surface area contributed by atoms with Crippen LogP contribution in [0, 0.1) is 6.92 Å². The van der Waals surface area contributed by atoms with Crippen LogP contribution in [0.25, 0.3) is 0 Å². The first kappa shape index (κ1) is 17.4. The molecule has 0 saturated heterocycles. The zero-order valence-corrected chi connectivity index (χ0v) is 15.4. The molecule has 0 atom stereocenters. The van der Waals surface area contributed by atoms with Gasteiger partial charge < -0.3 is 5.32 Å². The van der Waals surface area contributed by atoms with E-state index in [0.717, 1.165) is 47.7 Å². The third-order valence-electron chi connectivity index (χ3n) is 4.73. The summed E-state index contributed by atoms with van der Waals surface area (Å²) in [5, 5.41) is 13.9. The van der Waals surface area contributed by atoms with Gasteiger partial charge in [0.25, 0.3) is 0 Å². The average molecular weight is 364 g/mol. The molecule has 2 aromatic rings. The van der Waals surface area contributed by atoms with Gasteiger partial charge in [0.15, 0.2) is 0 Å². The first-order chi connectivity index (χ1) is 11.6. The van der Waals surface area contributed by atoms with Gasteiger partial charge in [-0.05, 0) is 37.5 Å². The average Bonchev–Trinajstić information content (AvgIpc) is 3.01. The van der Waals surface area contributed by atoms with Crippen molar-refractivity contribution in [1.82, 2.24) is 15.5 Å². The Kier molecular flexibility index (Phi) is 5.51. The van der Waals surface area contributed by atoms with Crippen LogP contribution in [0.4, 0.5) is 0 Å². The van der Waals surface area contributed by atoms with Crippen LogP contribution in [0.5, 0.6) is 0 Å². The van der Waals surface area contributed by atoms with Crippen LogP contribution >= 0.6 is 22.9 Å². The second kappa shape index (κ2) is 7.62. The van der Waals surface area contributed by atoms with Gasteiger partial charge in [-0.3, -0.25) is 4.79 Å². The lowest BCUT2D eigenvalue weighted by molar-refractivity contribution is -0.128. The maximum Gasteiger partial charge on any atom is 0.230 e. The quantitative estimate of drug-likeness (QED) is 0.871. The Morgan fingerprint density at radius 3 is 2.54 bits per heavy atom. The van der Waals surface area contributed by atoms with E-state index >= 15 is 0 Å². The summed E-state index contributed by atoms with van der Waals surface area (Å²) in [5.41, 5.74) is 0.663. The summed E-state index contributed by atoms with van der Waals surface area (Å²) in [6.07, 6.45) is 5.91. The van der Waals surface area contributed by atoms with Crippen LogP contribution in [-0.4, -0.2) is 22.6 Å². The van der Waals surface area contributed by atoms with Crippen LogP contribution < -0.4 is 5.32 Å². The number of hydrogen-bond acceptors (Lipinski definition) is 4. The fourth-order valence-electron chi connectivity index (χ4n) is 3.46. The van der Waals surface area contributed by atoms with Crippen molar-refractivity contribution in [1.29, 1.82) is 0 Å². The third-order valence-corrected chi connectivity index (χ3v) is 5.88. The normalized spacial score (nSPS) is 16.8. The fraction of sp³-hybridized carbons (Fsp3) is 0.500. The van der Waals surface area contributed by atoms with E-state index in [2.05, 4.69) is 15.5 Å². The fourth-order valence-corrected chi connectivity index (χ4v) is 4.30. The number of benzene rings is 1. The summed E-state index contributed by atoms with van der Waals surface area (Å²) < 4.78 is 0. The molecule has 1 N–H and O–H groups in total. The molecule has 1 heterocycles. The first-order valence-electron chi connectivity index (χ1n) is 8.43. The number of nitrogens with one attached hydrogen (secondary N) is 1. The lowest BCUT2D eigenvalue weighted by atomic mass is 9.68. The molecule has 0 bridgehead atoms. The van der Waals surface area contributed by atoms with Crippen molar-refractivity contribution in [3.63, 3.8) is 0 Å². The Labute approximate surface area is 151 Å². The van der Waals surface area contributed by atoms with Crippen molar-refractivity contribution in [2.24, 2.45) is 0 Å². The maximum absolute atomic E-state index is 13.0. The summed E-state index contributed by atoms with van der Waals surface area (Å²) in [5.74, 6) is 0.130. The number of rotatable bonds is 5. The van der Waals surface area contributed by atoms with E-state index < -0.39 is 5.41 Å². The van der Waals surface area contributed by atoms with Gasteiger partial charge >= 0.3 is 0 Å². The molecule has 4 nitrogen and oxygen atoms in total. The predicted molar refractivity (Wildman–Crippen MR) is 97.6 cm³/mol. The van der Waals surface area contributed by atoms with Crippen molar-refractivity contribution in [3.05, 3.63) is 44.9 Å². The number of halogens is 1. The Hall–Kier alpha value is -1.46. The molecule has 0 radical (unpaired) electrons. The number of carbonyl (C=O) groups excluding carboxylic acids is 1. The zero-order chi connectivity index (χ0) is 17.0. The van der Waals surface area contributed by atoms with Gasteiger partial charge in [-0.1, -0.05) is 43.0 Å². The predicted octanol–water partition coefficient (Wildman–Crippen LogP) is 4.06. The van der Waals surface area contributed by atoms with Crippen molar-refractivity contribution in [2.45, 2.75) is 50.9 Å². The number of carbonyl (C=O) groups is 1. The van der Waals surface area contributed by atoms with E-state index in [-0.39, 0.29) is 5.91 Å². The lowest BCUT2D eigenvalue weighted by Crippen LogP contribution is -2.46. The standard InChI is InChI=1S/C18H22ClN3OS/c1-13-21-22-16(24-13)9-12-20-17(23)18(10-3-2-4-11-18)14-5-7-15(19)8-6-14/h5-8H,2-4,9-12H2,1H3,(H,20,23). The number of hydrogen-bond donors (Lipinski definition) is 1. The Morgan fingerprint density at radius 1 is 1.21 bits per heavy atom. The molecule has 0 spiro atoms. The Bertz CT molecular complexity index is 693. The zero-order valence-electron chi connectivity index (χ0n) is 13.8. The molecular formula is C18H22ClN3OS. The molecule has 0 unspecified atom stereocenters. The van der Waals surface area contributed by atoms with E-state index in [1.807, 2.05) is 31.2 Å². The van der Waals surface area contributed by atoms with Crippen molar-refractivity contribution < 1.29 is 4.79 Å². The van der Waals surface area contributed by atoms with Gasteiger partial charge in [0.05, 0.1) is 5.41 Å². The van der Waals surface area contributed by atoms with Crippen molar-refractivity contribution >= 4 is 28.8 Å². The Morgan fingerprint density at radius 2 is 1.92 bits per heavy atom. The summed E-state index contributed by atoms with van der Waals surface area (Å²) in [6.45, 7) is 2.54. The molecule has 1 aliphatic rings. The highest BCUT2D eigenvalue weighted by atomic mass is 35.5. The van der Waals surface area contributed by atoms with Gasteiger partial charge in [0, 0.05) is 18.0 Å². The van der Waals surface area contributed by atoms with Gasteiger partial charge in [-0.25, -0.2) is 0 Å². The number of aromatic nitrogens is 2. The monoisotopic (exact) mass is 363 g/mol. The molecule has 1 amide bonds. The third kappa shape index (κ3) is 3.78. The van der Waals surface area contributed by atoms with Crippen molar-refractivity contribution in [3.8, 4) is 0 Å². The molecule has 1 saturated carbocycles. The minimum Gasteiger partial charge on any atom is -0.355 e. The highest BCUT2D eigenvalue weighted by Gasteiger charge is 2.40. The van der Waals surface area contributed by atoms with E-state index in [4.69, 9.17) is 11.6 Å². The summed E-state index contributed by atoms with van der Waals surface area (Å²) >= 11 is 7.60. The molecule has 24 heavy (non-hydrogen) atoms. The molecule has 1 fully saturated rings. The Balaban J connectivity index is 1.70. The maximum atomic E-state index is 13.0. The summed E-state index contributed by atoms with van der Waals surface area (Å²) in [6, 6.07) is 7.76. The second-order valence-electron chi connectivity index (χ2n) is 6.37. The molecule has 3 rings (SSSR count). The van der Waals surface area contributed by atoms with Gasteiger partial charge in [0.2, 0.25) is 5.91 Å².